The van der Waals surface area contributed by atoms with Gasteiger partial charge in [-0.25, -0.2) is 9.59 Å². The van der Waals surface area contributed by atoms with Gasteiger partial charge in [-0.05, 0) is 92.9 Å². The van der Waals surface area contributed by atoms with Crippen LogP contribution < -0.4 is 16.0 Å². The van der Waals surface area contributed by atoms with Gasteiger partial charge >= 0.3 is 12.2 Å². The fraction of sp³-hybridized carbons (Fsp3) is 0.677. The third kappa shape index (κ3) is 9.65. The number of hydrogen-bond donors (Lipinski definition) is 3. The van der Waals surface area contributed by atoms with E-state index in [1.54, 1.807) is 41.5 Å². The summed E-state index contributed by atoms with van der Waals surface area (Å²) in [5.74, 6) is -0.969. The molecule has 2 aliphatic carbocycles. The maximum atomic E-state index is 13.2. The van der Waals surface area contributed by atoms with Crippen LogP contribution in [0.25, 0.3) is 0 Å². The third-order valence-corrected chi connectivity index (χ3v) is 7.79. The molecule has 0 bridgehead atoms. The minimum absolute atomic E-state index is 0.0733. The zero-order valence-corrected chi connectivity index (χ0v) is 26.2. The Kier molecular flexibility index (Phi) is 11.5. The Morgan fingerprint density at radius 2 is 1.63 bits per heavy atom. The largest absolute Gasteiger partial charge is 0.450 e. The second-order valence-electron chi connectivity index (χ2n) is 12.5. The molecule has 3 N–H and O–H groups in total. The monoisotopic (exact) mass is 602 g/mol. The Hall–Kier alpha value is -3.70. The molecule has 2 fully saturated rings. The zero-order valence-electron chi connectivity index (χ0n) is 26.2. The molecule has 12 nitrogen and oxygen atoms in total. The molecule has 238 valence electrons. The van der Waals surface area contributed by atoms with Gasteiger partial charge in [0.05, 0.1) is 6.61 Å². The minimum Gasteiger partial charge on any atom is -0.450 e. The second kappa shape index (κ2) is 14.7. The highest BCUT2D eigenvalue weighted by Crippen LogP contribution is 2.27. The van der Waals surface area contributed by atoms with E-state index in [1.807, 2.05) is 0 Å². The van der Waals surface area contributed by atoms with Gasteiger partial charge in [-0.1, -0.05) is 0 Å². The number of carbonyl (C=O) groups is 6. The lowest BCUT2D eigenvalue weighted by molar-refractivity contribution is -0.131. The molecular formula is C31H46N4O8. The molecular weight excluding hydrogens is 556 g/mol. The molecule has 12 heteroatoms. The molecule has 4 amide bonds. The van der Waals surface area contributed by atoms with Crippen LogP contribution in [0.5, 0.6) is 0 Å². The third-order valence-electron chi connectivity index (χ3n) is 7.79. The molecule has 1 heterocycles. The van der Waals surface area contributed by atoms with Crippen molar-refractivity contribution in [2.45, 2.75) is 117 Å². The smallest absolute Gasteiger partial charge is 0.410 e. The van der Waals surface area contributed by atoms with E-state index in [1.165, 1.54) is 4.90 Å². The summed E-state index contributed by atoms with van der Waals surface area (Å²) < 4.78 is 10.7. The molecule has 0 aromatic carbocycles. The lowest BCUT2D eigenvalue weighted by Crippen LogP contribution is -2.54. The summed E-state index contributed by atoms with van der Waals surface area (Å²) in [6.45, 7) is 10.9. The molecule has 3 aliphatic rings. The molecule has 1 saturated heterocycles. The molecule has 0 spiro atoms. The fourth-order valence-corrected chi connectivity index (χ4v) is 5.06. The van der Waals surface area contributed by atoms with Crippen molar-refractivity contribution in [3.05, 3.63) is 22.3 Å². The normalized spacial score (nSPS) is 19.8. The van der Waals surface area contributed by atoms with Crippen LogP contribution in [0.1, 0.15) is 92.9 Å². The van der Waals surface area contributed by atoms with Crippen LogP contribution in [0.4, 0.5) is 9.59 Å². The number of alkyl carbamates (subject to hydrolysis) is 1. The minimum atomic E-state index is -0.819. The maximum absolute atomic E-state index is 13.2. The van der Waals surface area contributed by atoms with Crippen LogP contribution in [0.15, 0.2) is 22.3 Å². The molecule has 0 aromatic rings. The number of hydrogen-bond acceptors (Lipinski definition) is 8. The predicted octanol–water partition coefficient (Wildman–Crippen LogP) is 3.24. The Labute approximate surface area is 253 Å². The standard InChI is InChI=1S/C31H46N4O8/c1-18-19(2)26(37)22(20(3)25(18)36)10-9-17-42-29(40)32-15-7-11-23(27(38)33-21-13-14-21)34-28(39)24-12-8-16-35(24)30(41)43-31(4,5)6/h21,23-24H,7-17H2,1-6H3,(H,32,40)(H,33,38)(H,34,39)/t23-,24?/m0/s1. The summed E-state index contributed by atoms with van der Waals surface area (Å²) in [6.07, 6.45) is 3.13. The summed E-state index contributed by atoms with van der Waals surface area (Å²) in [5, 5.41) is 8.37. The number of nitrogens with zero attached hydrogens (tertiary/aromatic N) is 1. The number of nitrogens with one attached hydrogen (secondary N) is 3. The first-order valence-corrected chi connectivity index (χ1v) is 15.2. The number of carbonyl (C=O) groups excluding carboxylic acids is 6. The van der Waals surface area contributed by atoms with Gasteiger partial charge in [-0.2, -0.15) is 0 Å². The van der Waals surface area contributed by atoms with Gasteiger partial charge in [-0.15, -0.1) is 0 Å². The first kappa shape index (κ1) is 33.8. The van der Waals surface area contributed by atoms with Crippen LogP contribution >= 0.6 is 0 Å². The highest BCUT2D eigenvalue weighted by Gasteiger charge is 2.38. The number of likely N-dealkylation sites (tertiary alicyclic amines) is 1. The predicted molar refractivity (Wildman–Crippen MR) is 158 cm³/mol. The van der Waals surface area contributed by atoms with E-state index in [0.29, 0.717) is 60.9 Å². The second-order valence-corrected chi connectivity index (χ2v) is 12.5. The molecule has 3 rings (SSSR count). The highest BCUT2D eigenvalue weighted by molar-refractivity contribution is 6.24. The summed E-state index contributed by atoms with van der Waals surface area (Å²) in [4.78, 5) is 77.1. The van der Waals surface area contributed by atoms with Crippen molar-refractivity contribution < 1.29 is 38.2 Å². The quantitative estimate of drug-likeness (QED) is 0.227. The number of amides is 4. The van der Waals surface area contributed by atoms with Crippen molar-refractivity contribution in [3.63, 3.8) is 0 Å². The Bertz CT molecular complexity index is 1190. The van der Waals surface area contributed by atoms with Crippen LogP contribution in [-0.2, 0) is 28.7 Å². The number of ketones is 2. The van der Waals surface area contributed by atoms with Gasteiger partial charge in [0, 0.05) is 41.4 Å². The molecule has 1 unspecified atom stereocenters. The zero-order chi connectivity index (χ0) is 31.9. The van der Waals surface area contributed by atoms with Gasteiger partial charge in [0.15, 0.2) is 11.6 Å². The average Bonchev–Trinajstić information content (AvgIpc) is 3.60. The van der Waals surface area contributed by atoms with E-state index in [9.17, 15) is 28.8 Å². The molecule has 0 aromatic heterocycles. The number of allylic oxidation sites excluding steroid dienone is 4. The Balaban J connectivity index is 1.43. The first-order chi connectivity index (χ1) is 20.2. The molecule has 2 atom stereocenters. The van der Waals surface area contributed by atoms with Crippen molar-refractivity contribution in [3.8, 4) is 0 Å². The van der Waals surface area contributed by atoms with Crippen LogP contribution in [0, 0.1) is 0 Å². The van der Waals surface area contributed by atoms with Gasteiger partial charge in [0.2, 0.25) is 11.8 Å². The lowest BCUT2D eigenvalue weighted by Gasteiger charge is -2.29. The maximum Gasteiger partial charge on any atom is 0.410 e. The van der Waals surface area contributed by atoms with E-state index in [-0.39, 0.29) is 43.1 Å². The fourth-order valence-electron chi connectivity index (χ4n) is 5.06. The Morgan fingerprint density at radius 1 is 0.953 bits per heavy atom. The van der Waals surface area contributed by atoms with E-state index in [2.05, 4.69) is 16.0 Å². The Morgan fingerprint density at radius 3 is 2.28 bits per heavy atom. The van der Waals surface area contributed by atoms with Crippen molar-refractivity contribution in [1.29, 1.82) is 0 Å². The molecule has 1 aliphatic heterocycles. The number of ether oxygens (including phenoxy) is 2. The van der Waals surface area contributed by atoms with Crippen molar-refractivity contribution >= 4 is 35.6 Å². The number of Topliss-reactive ketones (excluding diaryl/α,β-unsaturated/α-hetero) is 2. The molecule has 1 saturated carbocycles. The lowest BCUT2D eigenvalue weighted by atomic mass is 9.84. The topological polar surface area (TPSA) is 160 Å². The van der Waals surface area contributed by atoms with Gasteiger partial charge in [0.25, 0.3) is 0 Å². The van der Waals surface area contributed by atoms with Crippen LogP contribution in [0.3, 0.4) is 0 Å². The van der Waals surface area contributed by atoms with Gasteiger partial charge in [0.1, 0.15) is 17.7 Å². The first-order valence-electron chi connectivity index (χ1n) is 15.2. The summed E-state index contributed by atoms with van der Waals surface area (Å²) in [5.41, 5.74) is 1.13. The summed E-state index contributed by atoms with van der Waals surface area (Å²) in [6, 6.07) is -1.43. The van der Waals surface area contributed by atoms with Gasteiger partial charge < -0.3 is 25.4 Å². The summed E-state index contributed by atoms with van der Waals surface area (Å²) >= 11 is 0. The molecule has 0 radical (unpaired) electrons. The van der Waals surface area contributed by atoms with Gasteiger partial charge in [-0.3, -0.25) is 24.1 Å². The van der Waals surface area contributed by atoms with E-state index in [4.69, 9.17) is 9.47 Å². The van der Waals surface area contributed by atoms with E-state index < -0.39 is 35.8 Å². The highest BCUT2D eigenvalue weighted by atomic mass is 16.6. The van der Waals surface area contributed by atoms with Crippen LogP contribution in [-0.4, -0.2) is 83.9 Å². The van der Waals surface area contributed by atoms with Crippen molar-refractivity contribution in [2.75, 3.05) is 19.7 Å². The molecule has 43 heavy (non-hydrogen) atoms. The summed E-state index contributed by atoms with van der Waals surface area (Å²) in [7, 11) is 0. The van der Waals surface area contributed by atoms with Crippen molar-refractivity contribution in [2.24, 2.45) is 0 Å². The van der Waals surface area contributed by atoms with Crippen molar-refractivity contribution in [1.82, 2.24) is 20.9 Å². The van der Waals surface area contributed by atoms with Crippen LogP contribution in [0.2, 0.25) is 0 Å². The number of rotatable bonds is 12. The SMILES string of the molecule is CC1=C(C)C(=O)C(CCCOC(=O)NCCC[C@H](NC(=O)C2CCCN2C(=O)OC(C)(C)C)C(=O)NC2CC2)=C(C)C1=O. The average molecular weight is 603 g/mol. The van der Waals surface area contributed by atoms with E-state index >= 15 is 0 Å². The van der Waals surface area contributed by atoms with E-state index in [0.717, 1.165) is 12.8 Å².